The first kappa shape index (κ1) is 33.1. The number of esters is 2. The van der Waals surface area contributed by atoms with E-state index in [1.807, 2.05) is 61.5 Å². The van der Waals surface area contributed by atoms with E-state index in [1.54, 1.807) is 37.5 Å². The second kappa shape index (κ2) is 14.4. The number of hydrogen-bond acceptors (Lipinski definition) is 8. The number of aromatic nitrogens is 1. The lowest BCUT2D eigenvalue weighted by atomic mass is 9.95. The van der Waals surface area contributed by atoms with Crippen molar-refractivity contribution in [1.82, 2.24) is 4.57 Å². The van der Waals surface area contributed by atoms with Gasteiger partial charge in [-0.25, -0.2) is 14.6 Å². The van der Waals surface area contributed by atoms with Gasteiger partial charge in [0, 0.05) is 9.13 Å². The highest BCUT2D eigenvalue weighted by Gasteiger charge is 2.33. The van der Waals surface area contributed by atoms with Crippen LogP contribution in [0.5, 0.6) is 5.75 Å². The van der Waals surface area contributed by atoms with Crippen LogP contribution in [-0.4, -0.2) is 29.7 Å². The number of carbonyl (C=O) groups excluding carboxylic acids is 2. The van der Waals surface area contributed by atoms with Crippen molar-refractivity contribution in [2.45, 2.75) is 40.3 Å². The van der Waals surface area contributed by atoms with E-state index in [0.717, 1.165) is 29.4 Å². The predicted molar refractivity (Wildman–Crippen MR) is 190 cm³/mol. The van der Waals surface area contributed by atoms with E-state index in [0.29, 0.717) is 38.5 Å². The van der Waals surface area contributed by atoms with Crippen LogP contribution < -0.4 is 19.6 Å². The fourth-order valence-corrected chi connectivity index (χ4v) is 8.03. The van der Waals surface area contributed by atoms with Gasteiger partial charge in [0.2, 0.25) is 0 Å². The fourth-order valence-electron chi connectivity index (χ4n) is 4.94. The summed E-state index contributed by atoms with van der Waals surface area (Å²) in [5.74, 6) is -0.221. The standard InChI is InChI=1S/C34H30I2N2O6S/c1-5-42-32(40)23-13-9-21(10-14-23)18-44-30-24(15-25(35)17-26(30)36)16-27-31(39)38-29(22-11-7-19(3)8-12-22)28(33(41)43-6-2)20(4)37-34(38)45-27/h7-17,29H,5-6,18H2,1-4H3/b27-16-/t29-/m1/s1. The second-order valence-corrected chi connectivity index (χ2v) is 13.6. The van der Waals surface area contributed by atoms with Gasteiger partial charge in [-0.1, -0.05) is 53.3 Å². The SMILES string of the molecule is CCOC(=O)C1=C(C)N=c2s/c(=C\c3cc(I)cc(I)c3OCc3ccc(C(=O)OCC)cc3)c(=O)n2[C@@H]1c1ccc(C)cc1. The average Bonchev–Trinajstić information content (AvgIpc) is 3.30. The fraction of sp³-hybridized carbons (Fsp3) is 0.235. The van der Waals surface area contributed by atoms with E-state index in [9.17, 15) is 14.4 Å². The summed E-state index contributed by atoms with van der Waals surface area (Å²) in [6, 6.07) is 18.2. The topological polar surface area (TPSA) is 96.2 Å². The Morgan fingerprint density at radius 2 is 1.62 bits per heavy atom. The molecule has 0 unspecified atom stereocenters. The molecule has 0 bridgehead atoms. The number of benzene rings is 3. The molecule has 0 aliphatic carbocycles. The molecule has 1 aromatic heterocycles. The number of rotatable bonds is 9. The van der Waals surface area contributed by atoms with Gasteiger partial charge in [0.05, 0.1) is 44.2 Å². The number of carbonyl (C=O) groups is 2. The first-order chi connectivity index (χ1) is 21.6. The van der Waals surface area contributed by atoms with Crippen LogP contribution in [0, 0.1) is 14.1 Å². The lowest BCUT2D eigenvalue weighted by molar-refractivity contribution is -0.139. The summed E-state index contributed by atoms with van der Waals surface area (Å²) in [5, 5.41) is 0. The van der Waals surface area contributed by atoms with Gasteiger partial charge in [-0.2, -0.15) is 0 Å². The number of halogens is 2. The van der Waals surface area contributed by atoms with E-state index in [2.05, 4.69) is 50.2 Å². The largest absolute Gasteiger partial charge is 0.487 e. The van der Waals surface area contributed by atoms with Crippen LogP contribution in [0.2, 0.25) is 0 Å². The van der Waals surface area contributed by atoms with Gasteiger partial charge in [0.15, 0.2) is 4.80 Å². The average molecular weight is 848 g/mol. The molecular weight excluding hydrogens is 818 g/mol. The van der Waals surface area contributed by atoms with Crippen LogP contribution in [0.25, 0.3) is 6.08 Å². The molecule has 1 aliphatic heterocycles. The molecule has 0 spiro atoms. The number of nitrogens with zero attached hydrogens (tertiary/aromatic N) is 2. The summed E-state index contributed by atoms with van der Waals surface area (Å²) in [7, 11) is 0. The van der Waals surface area contributed by atoms with Crippen LogP contribution in [0.15, 0.2) is 81.7 Å². The summed E-state index contributed by atoms with van der Waals surface area (Å²) in [6.45, 7) is 8.08. The van der Waals surface area contributed by atoms with Crippen molar-refractivity contribution in [3.63, 3.8) is 0 Å². The minimum absolute atomic E-state index is 0.213. The Labute approximate surface area is 291 Å². The molecule has 2 heterocycles. The Kier molecular flexibility index (Phi) is 10.6. The van der Waals surface area contributed by atoms with E-state index in [1.165, 1.54) is 11.3 Å². The quantitative estimate of drug-likeness (QED) is 0.150. The van der Waals surface area contributed by atoms with Gasteiger partial charge < -0.3 is 14.2 Å². The van der Waals surface area contributed by atoms with Crippen LogP contribution >= 0.6 is 56.5 Å². The Morgan fingerprint density at radius 1 is 0.956 bits per heavy atom. The Hall–Kier alpha value is -3.30. The minimum Gasteiger partial charge on any atom is -0.487 e. The third kappa shape index (κ3) is 7.25. The summed E-state index contributed by atoms with van der Waals surface area (Å²) in [4.78, 5) is 44.5. The number of allylic oxidation sites excluding steroid dienone is 1. The number of thiazole rings is 1. The predicted octanol–water partition coefficient (Wildman–Crippen LogP) is 6.07. The molecule has 0 N–H and O–H groups in total. The summed E-state index contributed by atoms with van der Waals surface area (Å²) in [5.41, 5.74) is 4.58. The van der Waals surface area contributed by atoms with Gasteiger partial charge >= 0.3 is 11.9 Å². The molecule has 0 amide bonds. The molecule has 5 rings (SSSR count). The summed E-state index contributed by atoms with van der Waals surface area (Å²) in [6.07, 6.45) is 1.82. The first-order valence-electron chi connectivity index (χ1n) is 14.2. The van der Waals surface area contributed by atoms with Crippen molar-refractivity contribution in [2.24, 2.45) is 4.99 Å². The van der Waals surface area contributed by atoms with Crippen LogP contribution in [0.4, 0.5) is 0 Å². The van der Waals surface area contributed by atoms with Crippen molar-refractivity contribution in [3.8, 4) is 5.75 Å². The number of aryl methyl sites for hydroxylation is 1. The maximum atomic E-state index is 14.1. The molecule has 232 valence electrons. The van der Waals surface area contributed by atoms with Crippen molar-refractivity contribution in [1.29, 1.82) is 0 Å². The maximum absolute atomic E-state index is 14.1. The second-order valence-electron chi connectivity index (χ2n) is 10.2. The Bertz CT molecular complexity index is 1980. The third-order valence-corrected chi connectivity index (χ3v) is 9.49. The van der Waals surface area contributed by atoms with Crippen LogP contribution in [0.3, 0.4) is 0 Å². The van der Waals surface area contributed by atoms with Crippen molar-refractivity contribution in [2.75, 3.05) is 13.2 Å². The molecule has 45 heavy (non-hydrogen) atoms. The van der Waals surface area contributed by atoms with E-state index in [-0.39, 0.29) is 24.7 Å². The zero-order valence-corrected chi connectivity index (χ0v) is 30.2. The van der Waals surface area contributed by atoms with Crippen molar-refractivity contribution in [3.05, 3.63) is 127 Å². The molecule has 0 saturated heterocycles. The Balaban J connectivity index is 1.56. The molecule has 3 aromatic carbocycles. The zero-order chi connectivity index (χ0) is 32.2. The molecule has 8 nitrogen and oxygen atoms in total. The maximum Gasteiger partial charge on any atom is 0.338 e. The van der Waals surface area contributed by atoms with Crippen LogP contribution in [0.1, 0.15) is 59.4 Å². The summed E-state index contributed by atoms with van der Waals surface area (Å²) >= 11 is 5.75. The molecule has 4 aromatic rings. The number of hydrogen-bond donors (Lipinski definition) is 0. The van der Waals surface area contributed by atoms with Gasteiger partial charge in [-0.15, -0.1) is 0 Å². The first-order valence-corrected chi connectivity index (χ1v) is 17.2. The van der Waals surface area contributed by atoms with E-state index < -0.39 is 12.0 Å². The van der Waals surface area contributed by atoms with Gasteiger partial charge in [0.25, 0.3) is 5.56 Å². The van der Waals surface area contributed by atoms with Crippen molar-refractivity contribution < 1.29 is 23.8 Å². The highest BCUT2D eigenvalue weighted by Crippen LogP contribution is 2.32. The molecule has 0 saturated carbocycles. The lowest BCUT2D eigenvalue weighted by Gasteiger charge is -2.24. The smallest absolute Gasteiger partial charge is 0.338 e. The zero-order valence-electron chi connectivity index (χ0n) is 25.1. The van der Waals surface area contributed by atoms with Gasteiger partial charge in [0.1, 0.15) is 12.4 Å². The number of fused-ring (bicyclic) bond motifs is 1. The number of ether oxygens (including phenoxy) is 3. The van der Waals surface area contributed by atoms with Gasteiger partial charge in [-0.05, 0) is 114 Å². The molecule has 1 aliphatic rings. The summed E-state index contributed by atoms with van der Waals surface area (Å²) < 4.78 is 20.7. The molecule has 11 heteroatoms. The van der Waals surface area contributed by atoms with Crippen LogP contribution in [-0.2, 0) is 20.9 Å². The normalized spacial score (nSPS) is 14.5. The molecule has 0 radical (unpaired) electrons. The highest BCUT2D eigenvalue weighted by molar-refractivity contribution is 14.1. The minimum atomic E-state index is -0.674. The monoisotopic (exact) mass is 848 g/mol. The van der Waals surface area contributed by atoms with E-state index in [4.69, 9.17) is 14.2 Å². The van der Waals surface area contributed by atoms with Gasteiger partial charge in [-0.3, -0.25) is 9.36 Å². The molecule has 0 fully saturated rings. The highest BCUT2D eigenvalue weighted by atomic mass is 127. The van der Waals surface area contributed by atoms with Crippen molar-refractivity contribution >= 4 is 74.5 Å². The lowest BCUT2D eigenvalue weighted by Crippen LogP contribution is -2.39. The molecular formula is C34H30I2N2O6S. The third-order valence-electron chi connectivity index (χ3n) is 7.08. The Morgan fingerprint density at radius 3 is 2.29 bits per heavy atom. The molecule has 1 atom stereocenters. The van der Waals surface area contributed by atoms with E-state index >= 15 is 0 Å².